The number of para-hydroxylation sites is 2. The summed E-state index contributed by atoms with van der Waals surface area (Å²) in [7, 11) is 0. The van der Waals surface area contributed by atoms with Crippen molar-refractivity contribution in [1.29, 1.82) is 0 Å². The van der Waals surface area contributed by atoms with Crippen molar-refractivity contribution in [3.05, 3.63) is 96.1 Å². The first-order valence-electron chi connectivity index (χ1n) is 9.69. The Hall–Kier alpha value is -3.05. The van der Waals surface area contributed by atoms with E-state index in [1.807, 2.05) is 89.8 Å². The minimum Gasteiger partial charge on any atom is -0.304 e. The van der Waals surface area contributed by atoms with Crippen LogP contribution in [0.15, 0.2) is 84.9 Å². The zero-order valence-electron chi connectivity index (χ0n) is 15.8. The molecule has 0 bridgehead atoms. The average molecular weight is 401 g/mol. The van der Waals surface area contributed by atoms with Gasteiger partial charge < -0.3 is 4.90 Å². The van der Waals surface area contributed by atoms with Gasteiger partial charge in [-0.2, -0.15) is 0 Å². The highest BCUT2D eigenvalue weighted by Gasteiger charge is 2.58. The van der Waals surface area contributed by atoms with Gasteiger partial charge in [0.05, 0.1) is 12.2 Å². The number of benzene rings is 3. The van der Waals surface area contributed by atoms with Crippen LogP contribution in [0.25, 0.3) is 0 Å². The van der Waals surface area contributed by atoms with E-state index in [0.29, 0.717) is 18.7 Å². The van der Waals surface area contributed by atoms with Crippen LogP contribution < -0.4 is 9.80 Å². The number of thioether (sulfide) groups is 1. The predicted octanol–water partition coefficient (Wildman–Crippen LogP) is 4.56. The lowest BCUT2D eigenvalue weighted by Gasteiger charge is -2.42. The van der Waals surface area contributed by atoms with Gasteiger partial charge in [-0.05, 0) is 23.8 Å². The zero-order valence-corrected chi connectivity index (χ0v) is 16.6. The van der Waals surface area contributed by atoms with Crippen molar-refractivity contribution in [1.82, 2.24) is 0 Å². The van der Waals surface area contributed by atoms with Crippen molar-refractivity contribution in [3.8, 4) is 0 Å². The third-order valence-electron chi connectivity index (χ3n) is 5.48. The Morgan fingerprint density at radius 2 is 1.48 bits per heavy atom. The molecule has 5 rings (SSSR count). The molecule has 29 heavy (non-hydrogen) atoms. The van der Waals surface area contributed by atoms with Crippen LogP contribution in [0.4, 0.5) is 11.4 Å². The van der Waals surface area contributed by atoms with Gasteiger partial charge in [-0.3, -0.25) is 14.5 Å². The molecule has 3 aromatic rings. The Labute approximate surface area is 174 Å². The number of rotatable bonds is 3. The summed E-state index contributed by atoms with van der Waals surface area (Å²) in [6.07, 6.45) is 0.426. The molecule has 1 atom stereocenters. The van der Waals surface area contributed by atoms with E-state index in [0.717, 1.165) is 22.5 Å². The van der Waals surface area contributed by atoms with E-state index in [1.165, 1.54) is 0 Å². The predicted molar refractivity (Wildman–Crippen MR) is 117 cm³/mol. The van der Waals surface area contributed by atoms with E-state index >= 15 is 0 Å². The number of amides is 2. The maximum Gasteiger partial charge on any atom is 0.269 e. The molecule has 0 radical (unpaired) electrons. The molecule has 0 N–H and O–H groups in total. The molecule has 2 aliphatic rings. The summed E-state index contributed by atoms with van der Waals surface area (Å²) in [4.78, 5) is 29.6. The van der Waals surface area contributed by atoms with Crippen LogP contribution in [0.5, 0.6) is 0 Å². The Kier molecular flexibility index (Phi) is 4.40. The van der Waals surface area contributed by atoms with Crippen molar-refractivity contribution in [2.24, 2.45) is 0 Å². The molecule has 1 spiro atoms. The van der Waals surface area contributed by atoms with Crippen molar-refractivity contribution in [2.75, 3.05) is 15.6 Å². The number of anilines is 2. The molecule has 3 aromatic carbocycles. The fraction of sp³-hybridized carbons (Fsp3) is 0.167. The molecule has 2 heterocycles. The molecule has 2 amide bonds. The van der Waals surface area contributed by atoms with E-state index in [2.05, 4.69) is 0 Å². The lowest BCUT2D eigenvalue weighted by molar-refractivity contribution is -0.125. The third kappa shape index (κ3) is 2.76. The molecule has 4 nitrogen and oxygen atoms in total. The topological polar surface area (TPSA) is 40.6 Å². The summed E-state index contributed by atoms with van der Waals surface area (Å²) in [6, 6.07) is 27.4. The van der Waals surface area contributed by atoms with Crippen LogP contribution in [0.1, 0.15) is 17.5 Å². The molecule has 1 fully saturated rings. The van der Waals surface area contributed by atoms with Crippen LogP contribution in [-0.4, -0.2) is 17.6 Å². The van der Waals surface area contributed by atoms with E-state index < -0.39 is 4.87 Å². The van der Waals surface area contributed by atoms with E-state index in [9.17, 15) is 9.59 Å². The van der Waals surface area contributed by atoms with Crippen molar-refractivity contribution < 1.29 is 9.59 Å². The molecule has 0 unspecified atom stereocenters. The Morgan fingerprint density at radius 1 is 0.828 bits per heavy atom. The smallest absolute Gasteiger partial charge is 0.269 e. The summed E-state index contributed by atoms with van der Waals surface area (Å²) in [5.74, 6) is 0.561. The van der Waals surface area contributed by atoms with Gasteiger partial charge in [-0.15, -0.1) is 11.8 Å². The van der Waals surface area contributed by atoms with Gasteiger partial charge in [-0.1, -0.05) is 66.7 Å². The number of nitrogens with zero attached hydrogens (tertiary/aromatic N) is 2. The standard InChI is InChI=1S/C24H20N2O2S/c27-22-15-16-29-24(26(22)19-11-5-2-6-12-19)20-13-7-8-14-21(20)25(23(24)28)17-18-9-3-1-4-10-18/h1-14H,15-17H2/t24-/m1/s1. The Balaban J connectivity index is 1.67. The first-order chi connectivity index (χ1) is 14.2. The minimum absolute atomic E-state index is 0.0142. The van der Waals surface area contributed by atoms with Gasteiger partial charge in [0.2, 0.25) is 10.8 Å². The summed E-state index contributed by atoms with van der Waals surface area (Å²) in [6.45, 7) is 0.482. The maximum atomic E-state index is 14.0. The summed E-state index contributed by atoms with van der Waals surface area (Å²) >= 11 is 1.56. The third-order valence-corrected chi connectivity index (χ3v) is 6.89. The minimum atomic E-state index is -1.05. The second kappa shape index (κ2) is 7.08. The van der Waals surface area contributed by atoms with E-state index in [4.69, 9.17) is 0 Å². The number of fused-ring (bicyclic) bond motifs is 2. The van der Waals surface area contributed by atoms with Crippen molar-refractivity contribution in [3.63, 3.8) is 0 Å². The SMILES string of the molecule is O=C1CCS[C@]2(C(=O)N(Cc3ccccc3)c3ccccc32)N1c1ccccc1. The molecular formula is C24H20N2O2S. The van der Waals surface area contributed by atoms with Gasteiger partial charge in [0, 0.05) is 23.4 Å². The first-order valence-corrected chi connectivity index (χ1v) is 10.7. The summed E-state index contributed by atoms with van der Waals surface area (Å²) in [5.41, 5.74) is 3.59. The van der Waals surface area contributed by atoms with Gasteiger partial charge in [0.25, 0.3) is 5.91 Å². The Morgan fingerprint density at radius 3 is 2.24 bits per heavy atom. The number of carbonyl (C=O) groups is 2. The molecule has 2 aliphatic heterocycles. The number of hydrogen-bond acceptors (Lipinski definition) is 3. The first kappa shape index (κ1) is 18.0. The van der Waals surface area contributed by atoms with Gasteiger partial charge in [0.15, 0.2) is 0 Å². The van der Waals surface area contributed by atoms with Crippen LogP contribution in [-0.2, 0) is 21.0 Å². The molecular weight excluding hydrogens is 380 g/mol. The fourth-order valence-corrected chi connectivity index (χ4v) is 5.69. The highest BCUT2D eigenvalue weighted by atomic mass is 32.2. The molecule has 0 aliphatic carbocycles. The molecule has 5 heteroatoms. The Bertz CT molecular complexity index is 1070. The van der Waals surface area contributed by atoms with Gasteiger partial charge in [-0.25, -0.2) is 0 Å². The normalized spacial score (nSPS) is 21.0. The van der Waals surface area contributed by atoms with E-state index in [-0.39, 0.29) is 11.8 Å². The monoisotopic (exact) mass is 400 g/mol. The summed E-state index contributed by atoms with van der Waals surface area (Å²) in [5, 5.41) is 0. The highest BCUT2D eigenvalue weighted by Crippen LogP contribution is 2.54. The highest BCUT2D eigenvalue weighted by molar-refractivity contribution is 8.01. The quantitative estimate of drug-likeness (QED) is 0.647. The molecule has 1 saturated heterocycles. The number of hydrogen-bond donors (Lipinski definition) is 0. The summed E-state index contributed by atoms with van der Waals surface area (Å²) < 4.78 is 0. The zero-order chi connectivity index (χ0) is 19.8. The largest absolute Gasteiger partial charge is 0.304 e. The molecule has 0 aromatic heterocycles. The van der Waals surface area contributed by atoms with E-state index in [1.54, 1.807) is 16.7 Å². The average Bonchev–Trinajstić information content (AvgIpc) is 2.99. The van der Waals surface area contributed by atoms with Crippen molar-refractivity contribution >= 4 is 35.0 Å². The van der Waals surface area contributed by atoms with Crippen LogP contribution in [0, 0.1) is 0 Å². The second-order valence-corrected chi connectivity index (χ2v) is 8.49. The lowest BCUT2D eigenvalue weighted by atomic mass is 10.0. The van der Waals surface area contributed by atoms with Gasteiger partial charge >= 0.3 is 0 Å². The molecule has 144 valence electrons. The van der Waals surface area contributed by atoms with Gasteiger partial charge in [0.1, 0.15) is 0 Å². The number of carbonyl (C=O) groups excluding carboxylic acids is 2. The lowest BCUT2D eigenvalue weighted by Crippen LogP contribution is -2.56. The van der Waals surface area contributed by atoms with Crippen LogP contribution in [0.3, 0.4) is 0 Å². The fourth-order valence-electron chi connectivity index (χ4n) is 4.22. The molecule has 0 saturated carbocycles. The van der Waals surface area contributed by atoms with Crippen LogP contribution >= 0.6 is 11.8 Å². The van der Waals surface area contributed by atoms with Crippen molar-refractivity contribution in [2.45, 2.75) is 17.8 Å². The maximum absolute atomic E-state index is 14.0. The van der Waals surface area contributed by atoms with Crippen LogP contribution in [0.2, 0.25) is 0 Å². The second-order valence-electron chi connectivity index (χ2n) is 7.20.